The number of ether oxygens (including phenoxy) is 1. The third kappa shape index (κ3) is 3.94. The van der Waals surface area contributed by atoms with Gasteiger partial charge in [0.15, 0.2) is 0 Å². The second-order valence-electron chi connectivity index (χ2n) is 5.97. The first-order valence-corrected chi connectivity index (χ1v) is 8.27. The lowest BCUT2D eigenvalue weighted by atomic mass is 9.93. The Morgan fingerprint density at radius 3 is 3.21 bits per heavy atom. The first kappa shape index (κ1) is 16.5. The quantitative estimate of drug-likeness (QED) is 0.885. The van der Waals surface area contributed by atoms with Crippen molar-refractivity contribution in [1.29, 1.82) is 0 Å². The van der Waals surface area contributed by atoms with Gasteiger partial charge in [-0.05, 0) is 30.5 Å². The Labute approximate surface area is 141 Å². The van der Waals surface area contributed by atoms with E-state index in [2.05, 4.69) is 10.3 Å². The summed E-state index contributed by atoms with van der Waals surface area (Å²) in [4.78, 5) is 18.6. The number of hydrogen-bond donors (Lipinski definition) is 1. The third-order valence-corrected chi connectivity index (χ3v) is 4.30. The number of aryl methyl sites for hydroxylation is 1. The van der Waals surface area contributed by atoms with Gasteiger partial charge in [0, 0.05) is 44.6 Å². The molecular formula is C18H23N3O3. The largest absolute Gasteiger partial charge is 0.469 e. The number of carbonyl (C=O) groups is 1. The van der Waals surface area contributed by atoms with Gasteiger partial charge in [-0.2, -0.15) is 0 Å². The van der Waals surface area contributed by atoms with E-state index in [1.165, 1.54) is 0 Å². The number of nitrogens with one attached hydrogen (secondary N) is 1. The Morgan fingerprint density at radius 1 is 1.50 bits per heavy atom. The molecule has 2 amide bonds. The van der Waals surface area contributed by atoms with Gasteiger partial charge in [-0.25, -0.2) is 4.79 Å². The molecule has 3 rings (SSSR count). The van der Waals surface area contributed by atoms with E-state index in [1.54, 1.807) is 30.7 Å². The third-order valence-electron chi connectivity index (χ3n) is 4.30. The van der Waals surface area contributed by atoms with E-state index in [9.17, 15) is 4.79 Å². The van der Waals surface area contributed by atoms with Crippen molar-refractivity contribution in [2.24, 2.45) is 0 Å². The van der Waals surface area contributed by atoms with Crippen LogP contribution in [0.25, 0.3) is 0 Å². The number of aromatic nitrogens is 1. The Bertz CT molecular complexity index is 657. The van der Waals surface area contributed by atoms with Gasteiger partial charge in [0.2, 0.25) is 0 Å². The number of nitrogens with zero attached hydrogens (tertiary/aromatic N) is 2. The molecule has 128 valence electrons. The molecule has 0 bridgehead atoms. The standard InChI is InChI=1S/C18H23N3O3/c1-23-11-9-21(13-14-4-3-8-19-12-14)18(22)20-16-5-2-6-17-15(16)7-10-24-17/h3-4,7-8,10,12,16H,2,5-6,9,11,13H2,1H3,(H,20,22)/t16-/m0/s1. The molecule has 0 unspecified atom stereocenters. The molecule has 2 aromatic heterocycles. The molecular weight excluding hydrogens is 306 g/mol. The molecule has 1 aliphatic rings. The van der Waals surface area contributed by atoms with Crippen molar-refractivity contribution in [3.63, 3.8) is 0 Å². The molecule has 0 spiro atoms. The summed E-state index contributed by atoms with van der Waals surface area (Å²) in [6.07, 6.45) is 8.11. The second-order valence-corrected chi connectivity index (χ2v) is 5.97. The number of hydrogen-bond acceptors (Lipinski definition) is 4. The Kier molecular flexibility index (Phi) is 5.48. The van der Waals surface area contributed by atoms with Crippen LogP contribution >= 0.6 is 0 Å². The van der Waals surface area contributed by atoms with Gasteiger partial charge in [-0.1, -0.05) is 6.07 Å². The van der Waals surface area contributed by atoms with Crippen LogP contribution in [0.15, 0.2) is 41.3 Å². The molecule has 0 aromatic carbocycles. The summed E-state index contributed by atoms with van der Waals surface area (Å²) < 4.78 is 10.6. The monoisotopic (exact) mass is 329 g/mol. The lowest BCUT2D eigenvalue weighted by molar-refractivity contribution is 0.144. The fraction of sp³-hybridized carbons (Fsp3) is 0.444. The van der Waals surface area contributed by atoms with Crippen molar-refractivity contribution in [2.45, 2.75) is 31.8 Å². The van der Waals surface area contributed by atoms with Gasteiger partial charge >= 0.3 is 6.03 Å². The number of pyridine rings is 1. The predicted molar refractivity (Wildman–Crippen MR) is 89.4 cm³/mol. The average molecular weight is 329 g/mol. The maximum absolute atomic E-state index is 12.8. The van der Waals surface area contributed by atoms with Gasteiger partial charge in [0.1, 0.15) is 5.76 Å². The van der Waals surface area contributed by atoms with Crippen LogP contribution in [0.5, 0.6) is 0 Å². The van der Waals surface area contributed by atoms with Crippen LogP contribution in [-0.2, 0) is 17.7 Å². The van der Waals surface area contributed by atoms with Crippen LogP contribution < -0.4 is 5.32 Å². The molecule has 0 radical (unpaired) electrons. The van der Waals surface area contributed by atoms with Crippen molar-refractivity contribution in [3.05, 3.63) is 53.7 Å². The number of amides is 2. The molecule has 2 aromatic rings. The summed E-state index contributed by atoms with van der Waals surface area (Å²) >= 11 is 0. The second kappa shape index (κ2) is 7.97. The molecule has 0 saturated heterocycles. The number of methoxy groups -OCH3 is 1. The molecule has 2 heterocycles. The van der Waals surface area contributed by atoms with E-state index < -0.39 is 0 Å². The normalized spacial score (nSPS) is 16.5. The zero-order valence-electron chi connectivity index (χ0n) is 13.9. The van der Waals surface area contributed by atoms with E-state index in [1.807, 2.05) is 18.2 Å². The maximum Gasteiger partial charge on any atom is 0.318 e. The number of furan rings is 1. The molecule has 1 N–H and O–H groups in total. The Morgan fingerprint density at radius 2 is 2.42 bits per heavy atom. The summed E-state index contributed by atoms with van der Waals surface area (Å²) in [6, 6.07) is 5.73. The fourth-order valence-corrected chi connectivity index (χ4v) is 3.04. The Balaban J connectivity index is 1.67. The Hall–Kier alpha value is -2.34. The molecule has 0 aliphatic heterocycles. The van der Waals surface area contributed by atoms with Crippen LogP contribution in [0.2, 0.25) is 0 Å². The number of urea groups is 1. The van der Waals surface area contributed by atoms with Crippen molar-refractivity contribution < 1.29 is 13.9 Å². The highest BCUT2D eigenvalue weighted by Gasteiger charge is 2.25. The molecule has 1 aliphatic carbocycles. The molecule has 0 fully saturated rings. The first-order valence-electron chi connectivity index (χ1n) is 8.27. The van der Waals surface area contributed by atoms with E-state index in [0.29, 0.717) is 19.7 Å². The van der Waals surface area contributed by atoms with E-state index in [4.69, 9.17) is 9.15 Å². The van der Waals surface area contributed by atoms with E-state index in [0.717, 1.165) is 36.1 Å². The van der Waals surface area contributed by atoms with Crippen LogP contribution in [0.1, 0.15) is 35.8 Å². The minimum atomic E-state index is -0.0880. The molecule has 0 saturated carbocycles. The molecule has 1 atom stereocenters. The van der Waals surface area contributed by atoms with Gasteiger partial charge < -0.3 is 19.4 Å². The predicted octanol–water partition coefficient (Wildman–Crippen LogP) is 2.91. The first-order chi connectivity index (χ1) is 11.8. The SMILES string of the molecule is COCCN(Cc1cccnc1)C(=O)N[C@H]1CCCc2occc21. The summed E-state index contributed by atoms with van der Waals surface area (Å²) in [7, 11) is 1.64. The van der Waals surface area contributed by atoms with Crippen LogP contribution in [0.3, 0.4) is 0 Å². The zero-order valence-corrected chi connectivity index (χ0v) is 13.9. The number of fused-ring (bicyclic) bond motifs is 1. The van der Waals surface area contributed by atoms with Crippen LogP contribution in [-0.4, -0.2) is 36.2 Å². The molecule has 6 nitrogen and oxygen atoms in total. The van der Waals surface area contributed by atoms with Gasteiger partial charge in [0.25, 0.3) is 0 Å². The highest BCUT2D eigenvalue weighted by molar-refractivity contribution is 5.74. The minimum absolute atomic E-state index is 0.0129. The maximum atomic E-state index is 12.8. The lowest BCUT2D eigenvalue weighted by Crippen LogP contribution is -2.43. The summed E-state index contributed by atoms with van der Waals surface area (Å²) in [5.41, 5.74) is 2.10. The fourth-order valence-electron chi connectivity index (χ4n) is 3.04. The smallest absolute Gasteiger partial charge is 0.318 e. The van der Waals surface area contributed by atoms with Crippen LogP contribution in [0.4, 0.5) is 4.79 Å². The summed E-state index contributed by atoms with van der Waals surface area (Å²) in [6.45, 7) is 1.53. The molecule has 6 heteroatoms. The lowest BCUT2D eigenvalue weighted by Gasteiger charge is -2.28. The molecule has 24 heavy (non-hydrogen) atoms. The van der Waals surface area contributed by atoms with Gasteiger partial charge in [-0.15, -0.1) is 0 Å². The van der Waals surface area contributed by atoms with Crippen molar-refractivity contribution >= 4 is 6.03 Å². The topological polar surface area (TPSA) is 67.6 Å². The van der Waals surface area contributed by atoms with Crippen molar-refractivity contribution in [1.82, 2.24) is 15.2 Å². The van der Waals surface area contributed by atoms with E-state index in [-0.39, 0.29) is 12.1 Å². The van der Waals surface area contributed by atoms with Crippen molar-refractivity contribution in [3.8, 4) is 0 Å². The highest BCUT2D eigenvalue weighted by Crippen LogP contribution is 2.30. The highest BCUT2D eigenvalue weighted by atomic mass is 16.5. The van der Waals surface area contributed by atoms with Crippen LogP contribution in [0, 0.1) is 0 Å². The number of rotatable bonds is 6. The number of carbonyl (C=O) groups excluding carboxylic acids is 1. The zero-order chi connectivity index (χ0) is 16.8. The summed E-state index contributed by atoms with van der Waals surface area (Å²) in [5, 5.41) is 3.14. The van der Waals surface area contributed by atoms with Gasteiger partial charge in [0.05, 0.1) is 18.9 Å². The average Bonchev–Trinajstić information content (AvgIpc) is 3.09. The minimum Gasteiger partial charge on any atom is -0.469 e. The van der Waals surface area contributed by atoms with E-state index >= 15 is 0 Å². The summed E-state index contributed by atoms with van der Waals surface area (Å²) in [5.74, 6) is 0.988. The van der Waals surface area contributed by atoms with Gasteiger partial charge in [-0.3, -0.25) is 4.98 Å². The van der Waals surface area contributed by atoms with Crippen molar-refractivity contribution in [2.75, 3.05) is 20.3 Å².